The molecule has 4 rings (SSSR count). The number of nitrogens with zero attached hydrogens (tertiary/aromatic N) is 6. The highest BCUT2D eigenvalue weighted by atomic mass is 35.5. The van der Waals surface area contributed by atoms with E-state index >= 15 is 0 Å². The van der Waals surface area contributed by atoms with Crippen LogP contribution in [0, 0.1) is 0 Å². The number of halogens is 1. The van der Waals surface area contributed by atoms with Crippen LogP contribution >= 0.6 is 11.6 Å². The molecule has 9 nitrogen and oxygen atoms in total. The Hall–Kier alpha value is -3.59. The van der Waals surface area contributed by atoms with E-state index in [2.05, 4.69) is 31.0 Å². The Morgan fingerprint density at radius 2 is 1.93 bits per heavy atom. The van der Waals surface area contributed by atoms with Crippen molar-refractivity contribution in [2.75, 3.05) is 0 Å². The number of hydrogen-bond donors (Lipinski definition) is 1. The van der Waals surface area contributed by atoms with Gasteiger partial charge in [-0.05, 0) is 40.3 Å². The van der Waals surface area contributed by atoms with Crippen LogP contribution in [0.3, 0.4) is 0 Å². The first-order valence-electron chi connectivity index (χ1n) is 8.81. The highest BCUT2D eigenvalue weighted by molar-refractivity contribution is 6.30. The van der Waals surface area contributed by atoms with Gasteiger partial charge in [0.05, 0.1) is 6.54 Å². The van der Waals surface area contributed by atoms with E-state index in [-0.39, 0.29) is 12.5 Å². The SMILES string of the molecule is O=C(NCc1nc(-c2ccc(Cl)cc2)no1)C(Cc1ccccc1)n1cnnn1. The van der Waals surface area contributed by atoms with Crippen LogP contribution in [0.1, 0.15) is 17.5 Å². The van der Waals surface area contributed by atoms with Crippen molar-refractivity contribution in [2.45, 2.75) is 19.0 Å². The number of amides is 1. The third kappa shape index (κ3) is 4.64. The zero-order valence-electron chi connectivity index (χ0n) is 15.1. The highest BCUT2D eigenvalue weighted by Crippen LogP contribution is 2.19. The topological polar surface area (TPSA) is 112 Å². The Morgan fingerprint density at radius 3 is 2.66 bits per heavy atom. The average molecular weight is 410 g/mol. The van der Waals surface area contributed by atoms with Gasteiger partial charge in [-0.25, -0.2) is 4.68 Å². The molecule has 0 aliphatic heterocycles. The molecule has 1 amide bonds. The largest absolute Gasteiger partial charge is 0.345 e. The summed E-state index contributed by atoms with van der Waals surface area (Å²) in [5.41, 5.74) is 1.76. The molecule has 0 aliphatic rings. The molecule has 1 unspecified atom stereocenters. The summed E-state index contributed by atoms with van der Waals surface area (Å²) < 4.78 is 6.66. The van der Waals surface area contributed by atoms with Crippen LogP contribution in [0.5, 0.6) is 0 Å². The molecule has 10 heteroatoms. The Labute approximate surface area is 170 Å². The Kier molecular flexibility index (Phi) is 5.57. The van der Waals surface area contributed by atoms with Crippen molar-refractivity contribution in [1.82, 2.24) is 35.7 Å². The average Bonchev–Trinajstić information content (AvgIpc) is 3.44. The zero-order chi connectivity index (χ0) is 20.1. The maximum absolute atomic E-state index is 12.8. The van der Waals surface area contributed by atoms with Gasteiger partial charge in [-0.1, -0.05) is 47.1 Å². The lowest BCUT2D eigenvalue weighted by Gasteiger charge is -2.15. The monoisotopic (exact) mass is 409 g/mol. The Bertz CT molecular complexity index is 1070. The third-order valence-corrected chi connectivity index (χ3v) is 4.50. The molecule has 4 aromatic rings. The van der Waals surface area contributed by atoms with Crippen molar-refractivity contribution in [3.8, 4) is 11.4 Å². The molecular weight excluding hydrogens is 394 g/mol. The first-order valence-corrected chi connectivity index (χ1v) is 9.19. The molecule has 1 atom stereocenters. The molecule has 0 fully saturated rings. The fourth-order valence-electron chi connectivity index (χ4n) is 2.78. The van der Waals surface area contributed by atoms with Gasteiger partial charge in [0.2, 0.25) is 17.6 Å². The second-order valence-corrected chi connectivity index (χ2v) is 6.67. The van der Waals surface area contributed by atoms with Crippen LogP contribution in [0.2, 0.25) is 5.02 Å². The molecule has 2 heterocycles. The molecule has 0 bridgehead atoms. The lowest BCUT2D eigenvalue weighted by atomic mass is 10.1. The molecule has 0 aliphatic carbocycles. The summed E-state index contributed by atoms with van der Waals surface area (Å²) in [5.74, 6) is 0.457. The number of benzene rings is 2. The van der Waals surface area contributed by atoms with Gasteiger partial charge in [0, 0.05) is 17.0 Å². The van der Waals surface area contributed by atoms with Crippen molar-refractivity contribution in [2.24, 2.45) is 0 Å². The van der Waals surface area contributed by atoms with E-state index in [1.165, 1.54) is 11.0 Å². The van der Waals surface area contributed by atoms with Crippen LogP contribution in [0.4, 0.5) is 0 Å². The number of carbonyl (C=O) groups excluding carboxylic acids is 1. The molecule has 0 radical (unpaired) electrons. The van der Waals surface area contributed by atoms with Gasteiger partial charge in [-0.3, -0.25) is 4.79 Å². The zero-order valence-corrected chi connectivity index (χ0v) is 15.9. The minimum atomic E-state index is -0.606. The van der Waals surface area contributed by atoms with Gasteiger partial charge in [-0.15, -0.1) is 5.10 Å². The lowest BCUT2D eigenvalue weighted by molar-refractivity contribution is -0.124. The van der Waals surface area contributed by atoms with Crippen molar-refractivity contribution in [3.63, 3.8) is 0 Å². The number of hydrogen-bond acceptors (Lipinski definition) is 7. The quantitative estimate of drug-likeness (QED) is 0.499. The van der Waals surface area contributed by atoms with Crippen LogP contribution in [0.25, 0.3) is 11.4 Å². The van der Waals surface area contributed by atoms with Gasteiger partial charge < -0.3 is 9.84 Å². The molecule has 2 aromatic heterocycles. The molecule has 29 heavy (non-hydrogen) atoms. The van der Waals surface area contributed by atoms with E-state index in [4.69, 9.17) is 16.1 Å². The first kappa shape index (κ1) is 18.8. The second kappa shape index (κ2) is 8.61. The summed E-state index contributed by atoms with van der Waals surface area (Å²) >= 11 is 5.89. The van der Waals surface area contributed by atoms with E-state index in [9.17, 15) is 4.79 Å². The van der Waals surface area contributed by atoms with E-state index in [1.54, 1.807) is 24.3 Å². The fraction of sp³-hybridized carbons (Fsp3) is 0.158. The maximum Gasteiger partial charge on any atom is 0.246 e. The number of rotatable bonds is 7. The number of aromatic nitrogens is 6. The lowest BCUT2D eigenvalue weighted by Crippen LogP contribution is -2.34. The van der Waals surface area contributed by atoms with Gasteiger partial charge in [0.25, 0.3) is 0 Å². The van der Waals surface area contributed by atoms with Crippen molar-refractivity contribution in [1.29, 1.82) is 0 Å². The summed E-state index contributed by atoms with van der Waals surface area (Å²) in [4.78, 5) is 17.1. The summed E-state index contributed by atoms with van der Waals surface area (Å²) in [5, 5.41) is 18.5. The summed E-state index contributed by atoms with van der Waals surface area (Å²) in [7, 11) is 0. The maximum atomic E-state index is 12.8. The summed E-state index contributed by atoms with van der Waals surface area (Å²) in [6, 6.07) is 16.1. The molecule has 1 N–H and O–H groups in total. The van der Waals surface area contributed by atoms with E-state index in [1.807, 2.05) is 30.3 Å². The van der Waals surface area contributed by atoms with Crippen molar-refractivity contribution < 1.29 is 9.32 Å². The predicted molar refractivity (Wildman–Crippen MR) is 104 cm³/mol. The predicted octanol–water partition coefficient (Wildman–Crippen LogP) is 2.48. The molecule has 2 aromatic carbocycles. The van der Waals surface area contributed by atoms with Crippen LogP contribution in [-0.4, -0.2) is 36.3 Å². The molecule has 0 saturated heterocycles. The highest BCUT2D eigenvalue weighted by Gasteiger charge is 2.23. The van der Waals surface area contributed by atoms with E-state index in [0.717, 1.165) is 11.1 Å². The second-order valence-electron chi connectivity index (χ2n) is 6.23. The number of carbonyl (C=O) groups is 1. The first-order chi connectivity index (χ1) is 14.2. The van der Waals surface area contributed by atoms with E-state index < -0.39 is 6.04 Å². The van der Waals surface area contributed by atoms with Gasteiger partial charge in [0.15, 0.2) is 0 Å². The summed E-state index contributed by atoms with van der Waals surface area (Å²) in [6.07, 6.45) is 1.86. The summed E-state index contributed by atoms with van der Waals surface area (Å²) in [6.45, 7) is 0.0901. The van der Waals surface area contributed by atoms with Crippen molar-refractivity contribution in [3.05, 3.63) is 77.4 Å². The molecule has 146 valence electrons. The smallest absolute Gasteiger partial charge is 0.246 e. The standard InChI is InChI=1S/C19H16ClN7O2/c20-15-8-6-14(7-9-15)18-23-17(29-24-18)11-21-19(28)16(27-12-22-25-26-27)10-13-4-2-1-3-5-13/h1-9,12,16H,10-11H2,(H,21,28). The van der Waals surface area contributed by atoms with Gasteiger partial charge >= 0.3 is 0 Å². The third-order valence-electron chi connectivity index (χ3n) is 4.24. The van der Waals surface area contributed by atoms with Crippen LogP contribution in [0.15, 0.2) is 65.4 Å². The Morgan fingerprint density at radius 1 is 1.14 bits per heavy atom. The minimum Gasteiger partial charge on any atom is -0.345 e. The molecular formula is C19H16ClN7O2. The molecule has 0 spiro atoms. The molecule has 0 saturated carbocycles. The van der Waals surface area contributed by atoms with Crippen molar-refractivity contribution >= 4 is 17.5 Å². The van der Waals surface area contributed by atoms with E-state index in [0.29, 0.717) is 23.2 Å². The minimum absolute atomic E-state index is 0.0901. The van der Waals surface area contributed by atoms with Crippen LogP contribution in [-0.2, 0) is 17.8 Å². The van der Waals surface area contributed by atoms with Gasteiger partial charge in [0.1, 0.15) is 12.4 Å². The van der Waals surface area contributed by atoms with Crippen LogP contribution < -0.4 is 5.32 Å². The van der Waals surface area contributed by atoms with Gasteiger partial charge in [-0.2, -0.15) is 4.98 Å². The normalized spacial score (nSPS) is 11.9. The number of nitrogens with one attached hydrogen (secondary N) is 1. The number of tetrazole rings is 1. The Balaban J connectivity index is 1.43. The fourth-order valence-corrected chi connectivity index (χ4v) is 2.90.